The highest BCUT2D eigenvalue weighted by Gasteiger charge is 2.21. The van der Waals surface area contributed by atoms with Gasteiger partial charge in [0.15, 0.2) is 5.69 Å². The molecule has 1 aliphatic carbocycles. The molecule has 0 radical (unpaired) electrons. The first-order chi connectivity index (χ1) is 9.78. The van der Waals surface area contributed by atoms with E-state index in [1.165, 1.54) is 23.7 Å². The molecule has 2 aromatic rings. The molecule has 6 heteroatoms. The van der Waals surface area contributed by atoms with Crippen LogP contribution in [0, 0.1) is 0 Å². The van der Waals surface area contributed by atoms with Crippen molar-refractivity contribution in [3.8, 4) is 0 Å². The number of hydrogen-bond acceptors (Lipinski definition) is 6. The summed E-state index contributed by atoms with van der Waals surface area (Å²) in [5.74, 6) is 0.137. The number of aromatic nitrogens is 2. The summed E-state index contributed by atoms with van der Waals surface area (Å²) in [6.45, 7) is 0. The fourth-order valence-electron chi connectivity index (χ4n) is 2.45. The van der Waals surface area contributed by atoms with Gasteiger partial charge in [-0.05, 0) is 36.3 Å². The zero-order chi connectivity index (χ0) is 13.9. The molecule has 2 aromatic heterocycles. The molecule has 0 amide bonds. The highest BCUT2D eigenvalue weighted by molar-refractivity contribution is 7.10. The number of anilines is 1. The third kappa shape index (κ3) is 2.51. The van der Waals surface area contributed by atoms with E-state index in [4.69, 9.17) is 0 Å². The lowest BCUT2D eigenvalue weighted by molar-refractivity contribution is 0.0593. The molecule has 1 unspecified atom stereocenters. The van der Waals surface area contributed by atoms with Gasteiger partial charge in [0.2, 0.25) is 0 Å². The van der Waals surface area contributed by atoms with E-state index in [1.807, 2.05) is 0 Å². The van der Waals surface area contributed by atoms with Crippen molar-refractivity contribution in [3.63, 3.8) is 0 Å². The Bertz CT molecular complexity index is 626. The molecule has 0 spiro atoms. The molecule has 0 fully saturated rings. The molecular formula is C14H15N3O2S. The van der Waals surface area contributed by atoms with Crippen LogP contribution in [-0.2, 0) is 11.2 Å². The van der Waals surface area contributed by atoms with E-state index < -0.39 is 5.97 Å². The second-order valence-corrected chi connectivity index (χ2v) is 5.67. The average molecular weight is 289 g/mol. The monoisotopic (exact) mass is 289 g/mol. The maximum absolute atomic E-state index is 11.5. The maximum Gasteiger partial charge on any atom is 0.358 e. The predicted molar refractivity (Wildman–Crippen MR) is 77.0 cm³/mol. The molecule has 20 heavy (non-hydrogen) atoms. The van der Waals surface area contributed by atoms with Crippen molar-refractivity contribution in [1.29, 1.82) is 0 Å². The first kappa shape index (κ1) is 13.1. The van der Waals surface area contributed by atoms with Crippen LogP contribution < -0.4 is 5.32 Å². The predicted octanol–water partition coefficient (Wildman–Crippen LogP) is 2.81. The number of rotatable bonds is 3. The quantitative estimate of drug-likeness (QED) is 0.880. The van der Waals surface area contributed by atoms with Gasteiger partial charge in [0.1, 0.15) is 5.82 Å². The third-order valence-corrected chi connectivity index (χ3v) is 4.40. The van der Waals surface area contributed by atoms with Gasteiger partial charge in [-0.25, -0.2) is 9.78 Å². The van der Waals surface area contributed by atoms with Gasteiger partial charge < -0.3 is 10.1 Å². The highest BCUT2D eigenvalue weighted by atomic mass is 32.1. The summed E-state index contributed by atoms with van der Waals surface area (Å²) in [6.07, 6.45) is 6.42. The zero-order valence-electron chi connectivity index (χ0n) is 11.1. The lowest BCUT2D eigenvalue weighted by Gasteiger charge is -2.24. The molecule has 1 N–H and O–H groups in total. The van der Waals surface area contributed by atoms with Crippen molar-refractivity contribution in [2.75, 3.05) is 12.4 Å². The van der Waals surface area contributed by atoms with E-state index in [0.29, 0.717) is 5.82 Å². The van der Waals surface area contributed by atoms with Gasteiger partial charge in [-0.1, -0.05) is 0 Å². The van der Waals surface area contributed by atoms with Gasteiger partial charge in [0.25, 0.3) is 0 Å². The van der Waals surface area contributed by atoms with Gasteiger partial charge in [0.05, 0.1) is 25.5 Å². The van der Waals surface area contributed by atoms with Crippen LogP contribution in [0.25, 0.3) is 0 Å². The van der Waals surface area contributed by atoms with Gasteiger partial charge in [0, 0.05) is 4.88 Å². The summed E-state index contributed by atoms with van der Waals surface area (Å²) >= 11 is 1.80. The molecule has 5 nitrogen and oxygen atoms in total. The van der Waals surface area contributed by atoms with E-state index in [2.05, 4.69) is 31.5 Å². The maximum atomic E-state index is 11.5. The summed E-state index contributed by atoms with van der Waals surface area (Å²) in [5.41, 5.74) is 1.56. The Morgan fingerprint density at radius 3 is 3.25 bits per heavy atom. The number of nitrogens with one attached hydrogen (secondary N) is 1. The summed E-state index contributed by atoms with van der Waals surface area (Å²) < 4.78 is 4.66. The first-order valence-corrected chi connectivity index (χ1v) is 7.39. The van der Waals surface area contributed by atoms with Crippen molar-refractivity contribution in [3.05, 3.63) is 40.0 Å². The number of nitrogens with zero attached hydrogens (tertiary/aromatic N) is 2. The Morgan fingerprint density at radius 2 is 2.40 bits per heavy atom. The van der Waals surface area contributed by atoms with E-state index >= 15 is 0 Å². The molecule has 1 aliphatic rings. The van der Waals surface area contributed by atoms with E-state index in [-0.39, 0.29) is 11.7 Å². The first-order valence-electron chi connectivity index (χ1n) is 6.51. The Labute approximate surface area is 121 Å². The minimum atomic E-state index is -0.471. The summed E-state index contributed by atoms with van der Waals surface area (Å²) in [5, 5.41) is 5.49. The molecule has 0 saturated heterocycles. The number of carbonyl (C=O) groups excluding carboxylic acids is 1. The van der Waals surface area contributed by atoms with Crippen molar-refractivity contribution in [2.45, 2.75) is 25.3 Å². The fourth-order valence-corrected chi connectivity index (χ4v) is 3.44. The number of esters is 1. The molecule has 2 heterocycles. The normalized spacial score (nSPS) is 17.4. The van der Waals surface area contributed by atoms with Crippen LogP contribution in [0.1, 0.15) is 39.8 Å². The molecule has 0 bridgehead atoms. The zero-order valence-corrected chi connectivity index (χ0v) is 11.9. The molecular weight excluding hydrogens is 274 g/mol. The average Bonchev–Trinajstić information content (AvgIpc) is 2.96. The van der Waals surface area contributed by atoms with Gasteiger partial charge in [-0.3, -0.25) is 4.98 Å². The Morgan fingerprint density at radius 1 is 1.50 bits per heavy atom. The fraction of sp³-hybridized carbons (Fsp3) is 0.357. The molecule has 0 saturated carbocycles. The molecule has 104 valence electrons. The Hall–Kier alpha value is -1.95. The van der Waals surface area contributed by atoms with E-state index in [9.17, 15) is 4.79 Å². The van der Waals surface area contributed by atoms with Crippen LogP contribution in [0.4, 0.5) is 5.82 Å². The number of thiophene rings is 1. The smallest absolute Gasteiger partial charge is 0.358 e. The number of fused-ring (bicyclic) bond motifs is 1. The molecule has 3 rings (SSSR count). The van der Waals surface area contributed by atoms with Crippen molar-refractivity contribution < 1.29 is 9.53 Å². The third-order valence-electron chi connectivity index (χ3n) is 3.40. The van der Waals surface area contributed by atoms with E-state index in [0.717, 1.165) is 19.3 Å². The highest BCUT2D eigenvalue weighted by Crippen LogP contribution is 2.35. The molecule has 0 aromatic carbocycles. The number of hydrogen-bond donors (Lipinski definition) is 1. The second kappa shape index (κ2) is 5.58. The van der Waals surface area contributed by atoms with E-state index in [1.54, 1.807) is 17.5 Å². The number of aryl methyl sites for hydroxylation is 1. The Balaban J connectivity index is 1.81. The standard InChI is InChI=1S/C14H15N3O2S/c1-19-14(18)11-7-15-8-13(17-11)16-10-3-2-4-12-9(10)5-6-20-12/h5-8,10H,2-4H2,1H3,(H,16,17). The SMILES string of the molecule is COC(=O)c1cncc(NC2CCCc3sccc32)n1. The Kier molecular flexibility index (Phi) is 3.64. The van der Waals surface area contributed by atoms with Crippen LogP contribution in [-0.4, -0.2) is 23.0 Å². The topological polar surface area (TPSA) is 64.1 Å². The number of methoxy groups -OCH3 is 1. The van der Waals surface area contributed by atoms with Crippen molar-refractivity contribution in [2.24, 2.45) is 0 Å². The van der Waals surface area contributed by atoms with Gasteiger partial charge in [-0.2, -0.15) is 0 Å². The van der Waals surface area contributed by atoms with Crippen LogP contribution >= 0.6 is 11.3 Å². The lowest BCUT2D eigenvalue weighted by Crippen LogP contribution is -2.17. The van der Waals surface area contributed by atoms with Crippen LogP contribution in [0.3, 0.4) is 0 Å². The number of carbonyl (C=O) groups is 1. The summed E-state index contributed by atoms with van der Waals surface area (Å²) in [4.78, 5) is 21.2. The minimum Gasteiger partial charge on any atom is -0.464 e. The summed E-state index contributed by atoms with van der Waals surface area (Å²) in [6, 6.07) is 2.40. The second-order valence-electron chi connectivity index (χ2n) is 4.67. The van der Waals surface area contributed by atoms with Crippen LogP contribution in [0.2, 0.25) is 0 Å². The van der Waals surface area contributed by atoms with Crippen molar-refractivity contribution >= 4 is 23.1 Å². The molecule has 0 aliphatic heterocycles. The van der Waals surface area contributed by atoms with Crippen molar-refractivity contribution in [1.82, 2.24) is 9.97 Å². The van der Waals surface area contributed by atoms with Crippen LogP contribution in [0.15, 0.2) is 23.8 Å². The summed E-state index contributed by atoms with van der Waals surface area (Å²) in [7, 11) is 1.34. The van der Waals surface area contributed by atoms with Gasteiger partial charge >= 0.3 is 5.97 Å². The molecule has 1 atom stereocenters. The van der Waals surface area contributed by atoms with Gasteiger partial charge in [-0.15, -0.1) is 11.3 Å². The number of ether oxygens (including phenoxy) is 1. The van der Waals surface area contributed by atoms with Crippen LogP contribution in [0.5, 0.6) is 0 Å². The largest absolute Gasteiger partial charge is 0.464 e. The lowest BCUT2D eigenvalue weighted by atomic mass is 9.94. The minimum absolute atomic E-state index is 0.221.